The van der Waals surface area contributed by atoms with Crippen LogP contribution in [0.5, 0.6) is 11.5 Å². The van der Waals surface area contributed by atoms with E-state index in [2.05, 4.69) is 9.71 Å². The molecule has 0 aliphatic rings. The van der Waals surface area contributed by atoms with E-state index < -0.39 is 27.7 Å². The molecule has 0 bridgehead atoms. The van der Waals surface area contributed by atoms with Crippen molar-refractivity contribution in [1.82, 2.24) is 9.71 Å². The summed E-state index contributed by atoms with van der Waals surface area (Å²) in [7, 11) is -2.57. The Bertz CT molecular complexity index is 2180. The van der Waals surface area contributed by atoms with Crippen LogP contribution in [0.2, 0.25) is 0 Å². The number of ether oxygens (including phenoxy) is 2. The SMILES string of the molecule is COc1ccc2c(c1)c(=O)oc1c(C)c(OC(=O)C(Cc3c[nH]c4ccccc34)NS(=O)(=O)c3ccc(C)cc3)ccc12. The Balaban J connectivity index is 1.37. The largest absolute Gasteiger partial charge is 0.497 e. The zero-order chi connectivity index (χ0) is 30.3. The zero-order valence-electron chi connectivity index (χ0n) is 23.6. The van der Waals surface area contributed by atoms with Gasteiger partial charge in [-0.05, 0) is 67.9 Å². The van der Waals surface area contributed by atoms with E-state index in [1.807, 2.05) is 31.2 Å². The first-order valence-electron chi connectivity index (χ1n) is 13.5. The maximum absolute atomic E-state index is 13.7. The summed E-state index contributed by atoms with van der Waals surface area (Å²) in [5, 5.41) is 2.54. The van der Waals surface area contributed by atoms with Crippen molar-refractivity contribution in [1.29, 1.82) is 0 Å². The van der Waals surface area contributed by atoms with Crippen molar-refractivity contribution in [3.8, 4) is 11.5 Å². The van der Waals surface area contributed by atoms with Crippen LogP contribution in [0.3, 0.4) is 0 Å². The number of hydrogen-bond donors (Lipinski definition) is 2. The molecule has 6 aromatic rings. The van der Waals surface area contributed by atoms with Crippen molar-refractivity contribution in [2.75, 3.05) is 7.11 Å². The quantitative estimate of drug-likeness (QED) is 0.102. The molecule has 0 radical (unpaired) electrons. The Kier molecular flexibility index (Phi) is 7.25. The van der Waals surface area contributed by atoms with Crippen LogP contribution in [0.1, 0.15) is 16.7 Å². The van der Waals surface area contributed by atoms with Crippen molar-refractivity contribution >= 4 is 48.6 Å². The molecule has 43 heavy (non-hydrogen) atoms. The number of fused-ring (bicyclic) bond motifs is 4. The van der Waals surface area contributed by atoms with Crippen molar-refractivity contribution in [3.05, 3.63) is 112 Å². The lowest BCUT2D eigenvalue weighted by Crippen LogP contribution is -2.44. The monoisotopic (exact) mass is 596 g/mol. The molecular formula is C33H28N2O7S. The number of methoxy groups -OCH3 is 1. The number of aromatic nitrogens is 1. The predicted octanol–water partition coefficient (Wildman–Crippen LogP) is 5.55. The highest BCUT2D eigenvalue weighted by Gasteiger charge is 2.29. The number of para-hydroxylation sites is 1. The molecule has 0 amide bonds. The molecule has 2 heterocycles. The first-order chi connectivity index (χ1) is 20.6. The topological polar surface area (TPSA) is 128 Å². The summed E-state index contributed by atoms with van der Waals surface area (Å²) in [5.41, 5.74) is 2.63. The summed E-state index contributed by atoms with van der Waals surface area (Å²) in [6.45, 7) is 3.53. The third-order valence-electron chi connectivity index (χ3n) is 7.51. The molecule has 2 N–H and O–H groups in total. The predicted molar refractivity (Wildman–Crippen MR) is 164 cm³/mol. The fraction of sp³-hybridized carbons (Fsp3) is 0.152. The van der Waals surface area contributed by atoms with E-state index in [0.717, 1.165) is 22.0 Å². The number of nitrogens with one attached hydrogen (secondary N) is 2. The molecule has 9 nitrogen and oxygen atoms in total. The minimum absolute atomic E-state index is 0.0296. The van der Waals surface area contributed by atoms with Gasteiger partial charge in [0.2, 0.25) is 10.0 Å². The highest BCUT2D eigenvalue weighted by atomic mass is 32.2. The van der Waals surface area contributed by atoms with E-state index in [9.17, 15) is 18.0 Å². The number of carbonyl (C=O) groups is 1. The van der Waals surface area contributed by atoms with Gasteiger partial charge in [0.25, 0.3) is 0 Å². The first-order valence-corrected chi connectivity index (χ1v) is 15.0. The minimum atomic E-state index is -4.08. The number of H-pyrrole nitrogens is 1. The molecule has 10 heteroatoms. The molecule has 4 aromatic carbocycles. The van der Waals surface area contributed by atoms with Gasteiger partial charge in [-0.1, -0.05) is 35.9 Å². The van der Waals surface area contributed by atoms with Crippen LogP contribution in [-0.4, -0.2) is 32.5 Å². The van der Waals surface area contributed by atoms with Crippen LogP contribution < -0.4 is 19.8 Å². The van der Waals surface area contributed by atoms with Gasteiger partial charge in [0.15, 0.2) is 0 Å². The Hall–Kier alpha value is -4.93. The fourth-order valence-electron chi connectivity index (χ4n) is 5.18. The van der Waals surface area contributed by atoms with E-state index in [1.54, 1.807) is 55.6 Å². The van der Waals surface area contributed by atoms with Crippen molar-refractivity contribution in [2.24, 2.45) is 0 Å². The molecule has 0 spiro atoms. The average Bonchev–Trinajstić information content (AvgIpc) is 3.41. The summed E-state index contributed by atoms with van der Waals surface area (Å²) < 4.78 is 46.0. The van der Waals surface area contributed by atoms with Crippen molar-refractivity contribution in [3.63, 3.8) is 0 Å². The maximum atomic E-state index is 13.7. The van der Waals surface area contributed by atoms with Crippen LogP contribution in [0, 0.1) is 13.8 Å². The maximum Gasteiger partial charge on any atom is 0.344 e. The van der Waals surface area contributed by atoms with E-state index in [-0.39, 0.29) is 22.6 Å². The second-order valence-electron chi connectivity index (χ2n) is 10.3. The lowest BCUT2D eigenvalue weighted by Gasteiger charge is -2.19. The van der Waals surface area contributed by atoms with Crippen LogP contribution >= 0.6 is 0 Å². The minimum Gasteiger partial charge on any atom is -0.497 e. The molecule has 0 aliphatic carbocycles. The number of carbonyl (C=O) groups excluding carboxylic acids is 1. The number of rotatable bonds is 8. The first kappa shape index (κ1) is 28.2. The normalized spacial score (nSPS) is 12.5. The van der Waals surface area contributed by atoms with E-state index in [0.29, 0.717) is 27.5 Å². The molecule has 2 aromatic heterocycles. The molecule has 0 fully saturated rings. The molecule has 0 saturated heterocycles. The van der Waals surface area contributed by atoms with Gasteiger partial charge < -0.3 is 18.9 Å². The van der Waals surface area contributed by atoms with Gasteiger partial charge in [-0.25, -0.2) is 18.0 Å². The molecule has 6 rings (SSSR count). The van der Waals surface area contributed by atoms with Crippen molar-refractivity contribution < 1.29 is 27.1 Å². The number of hydrogen-bond acceptors (Lipinski definition) is 7. The summed E-state index contributed by atoms with van der Waals surface area (Å²) >= 11 is 0. The summed E-state index contributed by atoms with van der Waals surface area (Å²) in [6, 6.07) is 21.1. The highest BCUT2D eigenvalue weighted by molar-refractivity contribution is 7.89. The number of sulfonamides is 1. The van der Waals surface area contributed by atoms with E-state index in [1.165, 1.54) is 19.2 Å². The number of esters is 1. The van der Waals surface area contributed by atoms with Crippen LogP contribution in [-0.2, 0) is 21.2 Å². The lowest BCUT2D eigenvalue weighted by molar-refractivity contribution is -0.136. The van der Waals surface area contributed by atoms with Gasteiger partial charge in [0.05, 0.1) is 17.4 Å². The van der Waals surface area contributed by atoms with Crippen molar-refractivity contribution in [2.45, 2.75) is 31.2 Å². The summed E-state index contributed by atoms with van der Waals surface area (Å²) in [6.07, 6.45) is 1.78. The summed E-state index contributed by atoms with van der Waals surface area (Å²) in [5.74, 6) is -0.140. The lowest BCUT2D eigenvalue weighted by atomic mass is 10.0. The Morgan fingerprint density at radius 2 is 1.67 bits per heavy atom. The second kappa shape index (κ2) is 11.0. The van der Waals surface area contributed by atoms with Gasteiger partial charge in [-0.2, -0.15) is 4.72 Å². The number of aryl methyl sites for hydroxylation is 2. The molecule has 218 valence electrons. The zero-order valence-corrected chi connectivity index (χ0v) is 24.4. The molecule has 1 unspecified atom stereocenters. The Morgan fingerprint density at radius 1 is 0.930 bits per heavy atom. The summed E-state index contributed by atoms with van der Waals surface area (Å²) in [4.78, 5) is 29.7. The fourth-order valence-corrected chi connectivity index (χ4v) is 6.36. The number of aromatic amines is 1. The van der Waals surface area contributed by atoms with E-state index >= 15 is 0 Å². The van der Waals surface area contributed by atoms with Gasteiger partial charge in [0, 0.05) is 39.9 Å². The van der Waals surface area contributed by atoms with Crippen LogP contribution in [0.15, 0.2) is 99.2 Å². The van der Waals surface area contributed by atoms with Gasteiger partial charge in [-0.15, -0.1) is 0 Å². The average molecular weight is 597 g/mol. The molecule has 0 aliphatic heterocycles. The third-order valence-corrected chi connectivity index (χ3v) is 9.00. The third kappa shape index (κ3) is 5.38. The smallest absolute Gasteiger partial charge is 0.344 e. The van der Waals surface area contributed by atoms with Gasteiger partial charge >= 0.3 is 11.6 Å². The molecular weight excluding hydrogens is 568 g/mol. The van der Waals surface area contributed by atoms with Crippen LogP contribution in [0.25, 0.3) is 32.6 Å². The van der Waals surface area contributed by atoms with Gasteiger partial charge in [0.1, 0.15) is 23.1 Å². The van der Waals surface area contributed by atoms with Gasteiger partial charge in [-0.3, -0.25) is 0 Å². The Labute approximate surface area is 247 Å². The highest BCUT2D eigenvalue weighted by Crippen LogP contribution is 2.32. The Morgan fingerprint density at radius 3 is 2.44 bits per heavy atom. The standard InChI is InChI=1S/C33H28N2O7S/c1-19-8-11-23(12-9-19)43(38,39)35-29(16-21-18-34-28-7-5-4-6-24(21)28)33(37)41-30-15-14-26-25-13-10-22(40-3)17-27(25)32(36)42-31(26)20(30)2/h4-15,17-18,29,34-35H,16H2,1-3H3. The molecule has 1 atom stereocenters. The molecule has 0 saturated carbocycles. The van der Waals surface area contributed by atoms with E-state index in [4.69, 9.17) is 13.9 Å². The second-order valence-corrected chi connectivity index (χ2v) is 12.1. The van der Waals surface area contributed by atoms with Crippen LogP contribution in [0.4, 0.5) is 0 Å². The number of benzene rings is 4.